The maximum atomic E-state index is 12.1. The van der Waals surface area contributed by atoms with E-state index < -0.39 is 0 Å². The van der Waals surface area contributed by atoms with Gasteiger partial charge in [-0.15, -0.1) is 24.0 Å². The minimum atomic E-state index is 0. The van der Waals surface area contributed by atoms with E-state index in [2.05, 4.69) is 34.1 Å². The Morgan fingerprint density at radius 3 is 2.47 bits per heavy atom. The number of amides is 1. The van der Waals surface area contributed by atoms with Crippen LogP contribution in [0.4, 0.5) is 5.69 Å². The topological polar surface area (TPSA) is 74.8 Å². The number of halogens is 1. The fourth-order valence-electron chi connectivity index (χ4n) is 3.85. The highest BCUT2D eigenvalue weighted by Crippen LogP contribution is 2.31. The Morgan fingerprint density at radius 1 is 0.971 bits per heavy atom. The maximum absolute atomic E-state index is 12.1. The summed E-state index contributed by atoms with van der Waals surface area (Å²) in [5.74, 6) is 1.74. The Balaban J connectivity index is 0.00000324. The molecule has 4 rings (SSSR count). The highest BCUT2D eigenvalue weighted by atomic mass is 127. The maximum Gasteiger partial charge on any atom is 0.225 e. The van der Waals surface area contributed by atoms with Gasteiger partial charge in [-0.3, -0.25) is 4.79 Å². The van der Waals surface area contributed by atoms with Crippen molar-refractivity contribution in [3.8, 4) is 5.75 Å². The lowest BCUT2D eigenvalue weighted by Gasteiger charge is -2.26. The summed E-state index contributed by atoms with van der Waals surface area (Å²) in [5.41, 5.74) is 4.30. The average molecular weight is 570 g/mol. The molecule has 0 spiro atoms. The van der Waals surface area contributed by atoms with Crippen LogP contribution in [0.3, 0.4) is 0 Å². The lowest BCUT2D eigenvalue weighted by Crippen LogP contribution is -2.40. The van der Waals surface area contributed by atoms with Crippen LogP contribution in [0, 0.1) is 0 Å². The molecular formula is C27H31IN4O2. The quantitative estimate of drug-likeness (QED) is 0.201. The van der Waals surface area contributed by atoms with Crippen molar-refractivity contribution < 1.29 is 9.53 Å². The first kappa shape index (κ1) is 25.6. The molecule has 1 unspecified atom stereocenters. The summed E-state index contributed by atoms with van der Waals surface area (Å²) in [6, 6.07) is 26.1. The number of anilines is 1. The van der Waals surface area contributed by atoms with Crippen molar-refractivity contribution in [3.05, 3.63) is 95.6 Å². The molecule has 7 heteroatoms. The number of rotatable bonds is 8. The van der Waals surface area contributed by atoms with Crippen LogP contribution in [0.5, 0.6) is 5.75 Å². The summed E-state index contributed by atoms with van der Waals surface area (Å²) in [5, 5.41) is 9.65. The van der Waals surface area contributed by atoms with E-state index in [1.165, 1.54) is 0 Å². The second-order valence-electron chi connectivity index (χ2n) is 8.03. The van der Waals surface area contributed by atoms with Gasteiger partial charge in [-0.05, 0) is 41.8 Å². The van der Waals surface area contributed by atoms with Crippen molar-refractivity contribution in [2.75, 3.05) is 18.4 Å². The second-order valence-corrected chi connectivity index (χ2v) is 8.03. The van der Waals surface area contributed by atoms with E-state index in [1.54, 1.807) is 0 Å². The minimum absolute atomic E-state index is 0. The van der Waals surface area contributed by atoms with Gasteiger partial charge in [0.1, 0.15) is 12.4 Å². The van der Waals surface area contributed by atoms with Gasteiger partial charge in [0, 0.05) is 31.1 Å². The van der Waals surface area contributed by atoms with Crippen LogP contribution in [-0.2, 0) is 17.9 Å². The van der Waals surface area contributed by atoms with Crippen molar-refractivity contribution >= 4 is 41.5 Å². The number of carbonyl (C=O) groups is 1. The number of guanidine groups is 1. The van der Waals surface area contributed by atoms with Crippen LogP contribution in [-0.4, -0.2) is 25.0 Å². The van der Waals surface area contributed by atoms with E-state index in [-0.39, 0.29) is 35.8 Å². The first-order valence-electron chi connectivity index (χ1n) is 11.4. The average Bonchev–Trinajstić information content (AvgIpc) is 2.85. The molecule has 34 heavy (non-hydrogen) atoms. The van der Waals surface area contributed by atoms with Gasteiger partial charge in [-0.1, -0.05) is 60.7 Å². The number of nitrogens with zero attached hydrogens (tertiary/aromatic N) is 1. The molecule has 178 valence electrons. The summed E-state index contributed by atoms with van der Waals surface area (Å²) in [6.07, 6.45) is 0.466. The zero-order valence-corrected chi connectivity index (χ0v) is 21.6. The zero-order chi connectivity index (χ0) is 22.9. The van der Waals surface area contributed by atoms with Crippen LogP contribution < -0.4 is 20.7 Å². The van der Waals surface area contributed by atoms with Crippen molar-refractivity contribution in [2.24, 2.45) is 4.99 Å². The molecule has 0 bridgehead atoms. The lowest BCUT2D eigenvalue weighted by molar-refractivity contribution is -0.116. The monoisotopic (exact) mass is 570 g/mol. The van der Waals surface area contributed by atoms with Crippen LogP contribution >= 0.6 is 24.0 Å². The van der Waals surface area contributed by atoms with Crippen molar-refractivity contribution in [1.29, 1.82) is 0 Å². The van der Waals surface area contributed by atoms with Gasteiger partial charge in [-0.2, -0.15) is 0 Å². The van der Waals surface area contributed by atoms with Gasteiger partial charge >= 0.3 is 0 Å². The molecule has 1 amide bonds. The van der Waals surface area contributed by atoms with E-state index in [9.17, 15) is 4.79 Å². The number of fused-ring (bicyclic) bond motifs is 1. The molecule has 0 radical (unpaired) electrons. The molecule has 3 aromatic carbocycles. The van der Waals surface area contributed by atoms with Crippen LogP contribution in [0.15, 0.2) is 83.9 Å². The molecule has 0 aromatic heterocycles. The normalized spacial score (nSPS) is 14.9. The van der Waals surface area contributed by atoms with Gasteiger partial charge in [0.15, 0.2) is 5.96 Å². The predicted molar refractivity (Wildman–Crippen MR) is 148 cm³/mol. The van der Waals surface area contributed by atoms with E-state index in [4.69, 9.17) is 9.73 Å². The Kier molecular flexibility index (Phi) is 9.75. The summed E-state index contributed by atoms with van der Waals surface area (Å²) in [6.45, 7) is 4.55. The molecule has 0 saturated heterocycles. The van der Waals surface area contributed by atoms with E-state index in [0.717, 1.165) is 40.6 Å². The molecule has 3 aromatic rings. The van der Waals surface area contributed by atoms with E-state index in [0.29, 0.717) is 26.1 Å². The Labute approximate surface area is 218 Å². The lowest BCUT2D eigenvalue weighted by atomic mass is 9.90. The summed E-state index contributed by atoms with van der Waals surface area (Å²) in [4.78, 5) is 16.8. The van der Waals surface area contributed by atoms with E-state index in [1.807, 2.05) is 67.6 Å². The predicted octanol–water partition coefficient (Wildman–Crippen LogP) is 5.06. The molecule has 1 aliphatic heterocycles. The number of nitrogens with one attached hydrogen (secondary N) is 3. The highest BCUT2D eigenvalue weighted by Gasteiger charge is 2.24. The minimum Gasteiger partial charge on any atom is -0.489 e. The van der Waals surface area contributed by atoms with Crippen molar-refractivity contribution in [1.82, 2.24) is 10.6 Å². The standard InChI is InChI=1S/C27H30N4O2.HI/c1-2-28-27(30-18-22-16-26(32)31-25-11-7-6-10-24(22)25)29-17-20-12-14-23(15-13-20)33-19-21-8-4-3-5-9-21;/h3-15,22H,2,16-19H2,1H3,(H,31,32)(H2,28,29,30);1H. The summed E-state index contributed by atoms with van der Waals surface area (Å²) >= 11 is 0. The first-order chi connectivity index (χ1) is 16.2. The largest absolute Gasteiger partial charge is 0.489 e. The van der Waals surface area contributed by atoms with Crippen LogP contribution in [0.1, 0.15) is 36.0 Å². The molecule has 0 fully saturated rings. The number of hydrogen-bond acceptors (Lipinski definition) is 3. The number of carbonyl (C=O) groups excluding carboxylic acids is 1. The number of aliphatic imine (C=N–C) groups is 1. The first-order valence-corrected chi connectivity index (χ1v) is 11.4. The SMILES string of the molecule is CCNC(=NCc1ccc(OCc2ccccc2)cc1)NCC1CC(=O)Nc2ccccc21.I. The van der Waals surface area contributed by atoms with E-state index >= 15 is 0 Å². The summed E-state index contributed by atoms with van der Waals surface area (Å²) < 4.78 is 5.86. The third-order valence-electron chi connectivity index (χ3n) is 5.56. The van der Waals surface area contributed by atoms with Gasteiger partial charge < -0.3 is 20.7 Å². The number of ether oxygens (including phenoxy) is 1. The van der Waals surface area contributed by atoms with Crippen LogP contribution in [0.25, 0.3) is 0 Å². The Bertz CT molecular complexity index is 1090. The fourth-order valence-corrected chi connectivity index (χ4v) is 3.85. The van der Waals surface area contributed by atoms with Crippen molar-refractivity contribution in [2.45, 2.75) is 32.4 Å². The molecular weight excluding hydrogens is 539 g/mol. The smallest absolute Gasteiger partial charge is 0.225 e. The zero-order valence-electron chi connectivity index (χ0n) is 19.3. The van der Waals surface area contributed by atoms with Crippen LogP contribution in [0.2, 0.25) is 0 Å². The Morgan fingerprint density at radius 2 is 1.71 bits per heavy atom. The van der Waals surface area contributed by atoms with Crippen molar-refractivity contribution in [3.63, 3.8) is 0 Å². The molecule has 1 heterocycles. The number of hydrogen-bond donors (Lipinski definition) is 3. The van der Waals surface area contributed by atoms with Gasteiger partial charge in [0.2, 0.25) is 5.91 Å². The van der Waals surface area contributed by atoms with Gasteiger partial charge in [-0.25, -0.2) is 4.99 Å². The molecule has 0 aliphatic carbocycles. The fraction of sp³-hybridized carbons (Fsp3) is 0.259. The number of para-hydroxylation sites is 1. The van der Waals surface area contributed by atoms with Gasteiger partial charge in [0.05, 0.1) is 6.54 Å². The highest BCUT2D eigenvalue weighted by molar-refractivity contribution is 14.0. The molecule has 1 atom stereocenters. The molecule has 3 N–H and O–H groups in total. The summed E-state index contributed by atoms with van der Waals surface area (Å²) in [7, 11) is 0. The third kappa shape index (κ3) is 7.21. The number of benzene rings is 3. The third-order valence-corrected chi connectivity index (χ3v) is 5.56. The second kappa shape index (κ2) is 13.0. The molecule has 0 saturated carbocycles. The molecule has 6 nitrogen and oxygen atoms in total. The Hall–Kier alpha value is -3.07. The molecule has 1 aliphatic rings. The van der Waals surface area contributed by atoms with Gasteiger partial charge in [0.25, 0.3) is 0 Å².